The summed E-state index contributed by atoms with van der Waals surface area (Å²) in [5.41, 5.74) is 1.61. The first-order chi connectivity index (χ1) is 18.9. The molecule has 0 N–H and O–H groups in total. The van der Waals surface area contributed by atoms with Gasteiger partial charge in [-0.1, -0.05) is 52.0 Å². The first kappa shape index (κ1) is 30.6. The van der Waals surface area contributed by atoms with Crippen LogP contribution in [0.3, 0.4) is 0 Å². The lowest BCUT2D eigenvalue weighted by atomic mass is 10.0. The van der Waals surface area contributed by atoms with Crippen LogP contribution in [-0.2, 0) is 25.5 Å². The highest BCUT2D eigenvalue weighted by molar-refractivity contribution is 8.02. The molecular formula is C28H39N5O4PSSi+. The molecule has 1 aliphatic heterocycles. The Morgan fingerprint density at radius 3 is 2.58 bits per heavy atom. The number of hydrogen-bond acceptors (Lipinski definition) is 8. The number of anilines is 1. The maximum atomic E-state index is 13.5. The smallest absolute Gasteiger partial charge is 0.334 e. The van der Waals surface area contributed by atoms with Gasteiger partial charge in [-0.3, -0.25) is 14.3 Å². The number of hydrogen-bond donors (Lipinski definition) is 0. The molecule has 9 nitrogen and oxygen atoms in total. The van der Waals surface area contributed by atoms with Crippen molar-refractivity contribution in [3.05, 3.63) is 61.2 Å². The lowest BCUT2D eigenvalue weighted by molar-refractivity contribution is -0.0421. The van der Waals surface area contributed by atoms with Crippen molar-refractivity contribution in [1.29, 1.82) is 0 Å². The molecule has 1 unspecified atom stereocenters. The summed E-state index contributed by atoms with van der Waals surface area (Å²) in [4.78, 5) is 28.8. The van der Waals surface area contributed by atoms with E-state index in [2.05, 4.69) is 62.3 Å². The fraction of sp³-hybridized carbons (Fsp3) is 0.500. The number of carbonyl (C=O) groups excluding carboxylic acids is 1. The van der Waals surface area contributed by atoms with Crippen LogP contribution in [0.15, 0.2) is 55.6 Å². The second-order valence-corrected chi connectivity index (χ2v) is 19.0. The third-order valence-corrected chi connectivity index (χ3v) is 13.1. The molecule has 1 aromatic carbocycles. The summed E-state index contributed by atoms with van der Waals surface area (Å²) in [6.45, 7) is 18.8. The van der Waals surface area contributed by atoms with Crippen LogP contribution >= 0.6 is 6.92 Å². The predicted octanol–water partition coefficient (Wildman–Crippen LogP) is 6.09. The third kappa shape index (κ3) is 6.25. The van der Waals surface area contributed by atoms with Crippen LogP contribution < -0.4 is 4.90 Å². The van der Waals surface area contributed by atoms with Crippen LogP contribution in [0.1, 0.15) is 44.3 Å². The molecule has 0 saturated carbocycles. The molecule has 0 bridgehead atoms. The Kier molecular flexibility index (Phi) is 9.34. The predicted molar refractivity (Wildman–Crippen MR) is 165 cm³/mol. The van der Waals surface area contributed by atoms with Crippen LogP contribution in [0.4, 0.5) is 5.82 Å². The Hall–Kier alpha value is -2.40. The number of rotatable bonds is 10. The second kappa shape index (κ2) is 12.2. The minimum Gasteiger partial charge on any atom is -0.409 e. The van der Waals surface area contributed by atoms with E-state index < -0.39 is 21.5 Å². The van der Waals surface area contributed by atoms with Crippen LogP contribution in [0, 0.1) is 5.92 Å². The molecule has 4 rings (SSSR count). The molecule has 1 saturated heterocycles. The van der Waals surface area contributed by atoms with Crippen molar-refractivity contribution in [3.63, 3.8) is 0 Å². The van der Waals surface area contributed by atoms with Gasteiger partial charge in [0.25, 0.3) is 5.91 Å². The third-order valence-electron chi connectivity index (χ3n) is 7.80. The van der Waals surface area contributed by atoms with Crippen molar-refractivity contribution in [2.24, 2.45) is 5.92 Å². The first-order valence-electron chi connectivity index (χ1n) is 13.4. The molecule has 0 spiro atoms. The molecule has 214 valence electrons. The number of ether oxygens (including phenoxy) is 1. The van der Waals surface area contributed by atoms with Crippen LogP contribution in [0.2, 0.25) is 18.1 Å². The molecule has 1 aliphatic rings. The zero-order chi connectivity index (χ0) is 29.2. The maximum absolute atomic E-state index is 13.5. The molecule has 12 heteroatoms. The van der Waals surface area contributed by atoms with Gasteiger partial charge >= 0.3 is 6.92 Å². The highest BCUT2D eigenvalue weighted by atomic mass is 32.4. The van der Waals surface area contributed by atoms with E-state index in [0.29, 0.717) is 29.2 Å². The van der Waals surface area contributed by atoms with Crippen LogP contribution in [0.25, 0.3) is 11.2 Å². The van der Waals surface area contributed by atoms with Crippen molar-refractivity contribution in [3.8, 4) is 0 Å². The number of carbonyl (C=O) groups is 1. The van der Waals surface area contributed by atoms with Crippen LogP contribution in [0.5, 0.6) is 0 Å². The first-order valence-corrected chi connectivity index (χ1v) is 19.0. The standard InChI is InChI=1S/C28H39N5O4PSSi/c1-9-15-32(26(34)20-13-11-10-12-14-20)24-22-25(30-17-29-24)33(18-31-22)27-23(37-40(7,8)28(3,4)5)19(2)21(36-27)16-35-38(6)39/h9-14,17-19,21,23,27H,1,15-16H2,2-8H3/q+1/t19-,21-,23-,27-/m1/s1. The summed E-state index contributed by atoms with van der Waals surface area (Å²) in [5, 5.41) is 0.0134. The molecule has 3 aromatic rings. The molecule has 0 radical (unpaired) electrons. The van der Waals surface area contributed by atoms with Crippen molar-refractivity contribution >= 4 is 49.9 Å². The van der Waals surface area contributed by atoms with Crippen molar-refractivity contribution in [2.75, 3.05) is 24.7 Å². The number of imidazole rings is 1. The minimum atomic E-state index is -2.17. The topological polar surface area (TPSA) is 91.6 Å². The van der Waals surface area contributed by atoms with E-state index in [4.69, 9.17) is 25.5 Å². The lowest BCUT2D eigenvalue weighted by Gasteiger charge is -2.40. The Balaban J connectivity index is 1.76. The van der Waals surface area contributed by atoms with Gasteiger partial charge in [-0.2, -0.15) is 4.52 Å². The average molecular weight is 601 g/mol. The number of amides is 1. The maximum Gasteiger partial charge on any atom is 0.334 e. The summed E-state index contributed by atoms with van der Waals surface area (Å²) in [6.07, 6.45) is 3.87. The summed E-state index contributed by atoms with van der Waals surface area (Å²) >= 11 is 5.30. The average Bonchev–Trinajstić information content (AvgIpc) is 3.46. The Morgan fingerprint density at radius 2 is 1.95 bits per heavy atom. The second-order valence-electron chi connectivity index (χ2n) is 11.6. The summed E-state index contributed by atoms with van der Waals surface area (Å²) < 4.78 is 21.3. The van der Waals surface area contributed by atoms with E-state index in [1.54, 1.807) is 29.4 Å². The van der Waals surface area contributed by atoms with E-state index in [-0.39, 0.29) is 35.6 Å². The molecule has 2 aromatic heterocycles. The summed E-state index contributed by atoms with van der Waals surface area (Å²) in [7, 11) is -2.17. The van der Waals surface area contributed by atoms with Crippen molar-refractivity contribution < 1.29 is 18.5 Å². The van der Waals surface area contributed by atoms with Crippen molar-refractivity contribution in [1.82, 2.24) is 19.5 Å². The normalized spacial score (nSPS) is 21.9. The van der Waals surface area contributed by atoms with Crippen LogP contribution in [-0.4, -0.2) is 65.8 Å². The van der Waals surface area contributed by atoms with Gasteiger partial charge in [0.1, 0.15) is 19.6 Å². The fourth-order valence-corrected chi connectivity index (χ4v) is 6.39. The summed E-state index contributed by atoms with van der Waals surface area (Å²) in [6, 6.07) is 9.09. The number of nitrogens with zero attached hydrogens (tertiary/aromatic N) is 5. The van der Waals surface area contributed by atoms with E-state index in [1.807, 2.05) is 29.4 Å². The number of fused-ring (bicyclic) bond motifs is 1. The highest BCUT2D eigenvalue weighted by Crippen LogP contribution is 2.44. The zero-order valence-electron chi connectivity index (χ0n) is 24.3. The largest absolute Gasteiger partial charge is 0.409 e. The van der Waals surface area contributed by atoms with Crippen molar-refractivity contribution in [2.45, 2.75) is 64.3 Å². The van der Waals surface area contributed by atoms with E-state index in [0.717, 1.165) is 0 Å². The summed E-state index contributed by atoms with van der Waals surface area (Å²) in [5.74, 6) is 0.255. The molecule has 5 atom stereocenters. The van der Waals surface area contributed by atoms with Gasteiger partial charge in [0, 0.05) is 18.0 Å². The van der Waals surface area contributed by atoms with Gasteiger partial charge in [-0.05, 0) is 30.3 Å². The monoisotopic (exact) mass is 600 g/mol. The highest BCUT2D eigenvalue weighted by Gasteiger charge is 2.50. The number of aromatic nitrogens is 4. The molecule has 1 amide bonds. The van der Waals surface area contributed by atoms with Gasteiger partial charge < -0.3 is 9.16 Å². The van der Waals surface area contributed by atoms with Gasteiger partial charge in [-0.15, -0.1) is 6.58 Å². The van der Waals surface area contributed by atoms with Gasteiger partial charge in [-0.25, -0.2) is 15.0 Å². The molecular weight excluding hydrogens is 561 g/mol. The number of benzene rings is 1. The fourth-order valence-electron chi connectivity index (χ4n) is 4.48. The Labute approximate surface area is 243 Å². The van der Waals surface area contributed by atoms with E-state index >= 15 is 0 Å². The SMILES string of the molecule is C=CCN(C(=O)c1ccccc1)c1ncnc2c1ncn2[C@@H]1O[C@H](CO[P+](C)=S)[C@@H](C)[C@H]1O[Si](C)(C)C(C)(C)C. The van der Waals surface area contributed by atoms with Gasteiger partial charge in [0.15, 0.2) is 43.3 Å². The van der Waals surface area contributed by atoms with E-state index in [9.17, 15) is 4.79 Å². The molecule has 0 aliphatic carbocycles. The molecule has 1 fully saturated rings. The minimum absolute atomic E-state index is 0.0134. The Bertz CT molecular complexity index is 1380. The quantitative estimate of drug-likeness (QED) is 0.157. The van der Waals surface area contributed by atoms with E-state index in [1.165, 1.54) is 6.33 Å². The Morgan fingerprint density at radius 1 is 1.25 bits per heavy atom. The van der Waals surface area contributed by atoms with Gasteiger partial charge in [0.05, 0.1) is 18.5 Å². The van der Waals surface area contributed by atoms with Gasteiger partial charge in [0.2, 0.25) is 0 Å². The molecule has 40 heavy (non-hydrogen) atoms. The zero-order valence-corrected chi connectivity index (χ0v) is 27.0. The lowest BCUT2D eigenvalue weighted by Crippen LogP contribution is -2.46. The molecule has 3 heterocycles.